The highest BCUT2D eigenvalue weighted by atomic mass is 31.2. The Labute approximate surface area is 250 Å². The van der Waals surface area contributed by atoms with Gasteiger partial charge in [-0.05, 0) is 25.7 Å². The molecular weight excluding hydrogens is 547 g/mol. The smallest absolute Gasteiger partial charge is 0.472 e. The molecule has 0 bridgehead atoms. The van der Waals surface area contributed by atoms with E-state index in [1.165, 1.54) is 77.0 Å². The number of unbranched alkanes of at least 4 members (excludes halogenated alkanes) is 17. The van der Waals surface area contributed by atoms with Crippen LogP contribution in [0.4, 0.5) is 0 Å². The molecule has 0 saturated heterocycles. The maximum atomic E-state index is 12.3. The van der Waals surface area contributed by atoms with Gasteiger partial charge in [-0.25, -0.2) is 4.57 Å². The number of carboxylic acid groups (broad SMARTS) is 1. The molecule has 0 aliphatic carbocycles. The van der Waals surface area contributed by atoms with E-state index in [1.54, 1.807) is 0 Å². The lowest BCUT2D eigenvalue weighted by Crippen LogP contribution is -2.28. The van der Waals surface area contributed by atoms with E-state index in [4.69, 9.17) is 23.6 Å². The molecule has 0 amide bonds. The predicted octanol–water partition coefficient (Wildman–Crippen LogP) is 8.76. The summed E-state index contributed by atoms with van der Waals surface area (Å²) >= 11 is 0. The third kappa shape index (κ3) is 30.3. The quantitative estimate of drug-likeness (QED) is 0.0437. The van der Waals surface area contributed by atoms with E-state index in [-0.39, 0.29) is 32.7 Å². The fourth-order valence-electron chi connectivity index (χ4n) is 4.47. The van der Waals surface area contributed by atoms with Crippen LogP contribution in [0.1, 0.15) is 155 Å². The molecular formula is C31H61O9P. The Hall–Kier alpha value is -0.990. The van der Waals surface area contributed by atoms with E-state index in [0.29, 0.717) is 25.9 Å². The third-order valence-electron chi connectivity index (χ3n) is 6.90. The normalized spacial score (nSPS) is 13.6. The number of phosphoric acid groups is 1. The van der Waals surface area contributed by atoms with Crippen molar-refractivity contribution in [3.63, 3.8) is 0 Å². The third-order valence-corrected chi connectivity index (χ3v) is 7.88. The number of hydrogen-bond acceptors (Lipinski definition) is 7. The van der Waals surface area contributed by atoms with Gasteiger partial charge in [-0.3, -0.25) is 18.6 Å². The van der Waals surface area contributed by atoms with Gasteiger partial charge in [0.1, 0.15) is 6.10 Å². The van der Waals surface area contributed by atoms with Gasteiger partial charge in [-0.15, -0.1) is 0 Å². The monoisotopic (exact) mass is 608 g/mol. The van der Waals surface area contributed by atoms with Gasteiger partial charge in [-0.2, -0.15) is 0 Å². The second-order valence-corrected chi connectivity index (χ2v) is 12.5. The van der Waals surface area contributed by atoms with Crippen LogP contribution >= 0.6 is 7.82 Å². The molecule has 0 aliphatic heterocycles. The van der Waals surface area contributed by atoms with E-state index in [2.05, 4.69) is 6.92 Å². The highest BCUT2D eigenvalue weighted by molar-refractivity contribution is 7.47. The Morgan fingerprint density at radius 2 is 1.10 bits per heavy atom. The highest BCUT2D eigenvalue weighted by Crippen LogP contribution is 2.43. The van der Waals surface area contributed by atoms with Crippen molar-refractivity contribution in [3.05, 3.63) is 0 Å². The average molecular weight is 609 g/mol. The largest absolute Gasteiger partial charge is 0.481 e. The summed E-state index contributed by atoms with van der Waals surface area (Å²) in [5.41, 5.74) is 0. The van der Waals surface area contributed by atoms with E-state index < -0.39 is 25.9 Å². The Morgan fingerprint density at radius 3 is 1.61 bits per heavy atom. The van der Waals surface area contributed by atoms with Crippen molar-refractivity contribution in [1.82, 2.24) is 0 Å². The number of carbonyl (C=O) groups excluding carboxylic acids is 1. The summed E-state index contributed by atoms with van der Waals surface area (Å²) in [6.07, 6.45) is 21.9. The Balaban J connectivity index is 4.08. The Kier molecular flexibility index (Phi) is 28.4. The predicted molar refractivity (Wildman–Crippen MR) is 163 cm³/mol. The zero-order valence-electron chi connectivity index (χ0n) is 26.2. The first kappa shape index (κ1) is 40.0. The van der Waals surface area contributed by atoms with Gasteiger partial charge in [0.15, 0.2) is 0 Å². The minimum atomic E-state index is -4.22. The fraction of sp³-hybridized carbons (Fsp3) is 0.935. The maximum Gasteiger partial charge on any atom is 0.472 e. The zero-order valence-corrected chi connectivity index (χ0v) is 27.1. The molecule has 0 fully saturated rings. The molecule has 0 radical (unpaired) electrons. The van der Waals surface area contributed by atoms with Crippen LogP contribution in [-0.4, -0.2) is 54.5 Å². The van der Waals surface area contributed by atoms with E-state index in [9.17, 15) is 19.0 Å². The van der Waals surface area contributed by atoms with Crippen molar-refractivity contribution in [1.29, 1.82) is 0 Å². The standard InChI is InChI=1S/C31H61O9P/c1-3-5-6-7-8-9-10-11-12-13-14-15-19-22-26-37-27-29(28-39-41(35,36)38-25-4-2)40-31(34)24-21-18-16-17-20-23-30(32)33/h29H,3-28H2,1-2H3,(H,32,33)(H,35,36)/t29-/m1/s1. The van der Waals surface area contributed by atoms with Crippen LogP contribution in [0.3, 0.4) is 0 Å². The van der Waals surface area contributed by atoms with Crippen LogP contribution in [-0.2, 0) is 32.7 Å². The number of carboxylic acids is 1. The molecule has 244 valence electrons. The number of esters is 1. The Bertz CT molecular complexity index is 659. The van der Waals surface area contributed by atoms with E-state index in [0.717, 1.165) is 32.1 Å². The number of phosphoric ester groups is 1. The first-order valence-electron chi connectivity index (χ1n) is 16.4. The molecule has 41 heavy (non-hydrogen) atoms. The lowest BCUT2D eigenvalue weighted by molar-refractivity contribution is -0.154. The Morgan fingerprint density at radius 1 is 0.610 bits per heavy atom. The van der Waals surface area contributed by atoms with Gasteiger partial charge in [0.25, 0.3) is 0 Å². The first-order chi connectivity index (χ1) is 19.8. The van der Waals surface area contributed by atoms with Crippen LogP contribution < -0.4 is 0 Å². The van der Waals surface area contributed by atoms with Crippen molar-refractivity contribution in [2.75, 3.05) is 26.4 Å². The lowest BCUT2D eigenvalue weighted by atomic mass is 10.0. The second kappa shape index (κ2) is 29.1. The zero-order chi connectivity index (χ0) is 30.4. The molecule has 0 aliphatic rings. The molecule has 0 spiro atoms. The van der Waals surface area contributed by atoms with Gasteiger partial charge >= 0.3 is 19.8 Å². The van der Waals surface area contributed by atoms with Crippen molar-refractivity contribution in [2.24, 2.45) is 0 Å². The molecule has 10 heteroatoms. The molecule has 9 nitrogen and oxygen atoms in total. The molecule has 0 saturated carbocycles. The van der Waals surface area contributed by atoms with Crippen LogP contribution in [0.5, 0.6) is 0 Å². The maximum absolute atomic E-state index is 12.3. The van der Waals surface area contributed by atoms with Gasteiger partial charge in [0, 0.05) is 19.4 Å². The van der Waals surface area contributed by atoms with E-state index >= 15 is 0 Å². The van der Waals surface area contributed by atoms with E-state index in [1.807, 2.05) is 6.92 Å². The van der Waals surface area contributed by atoms with Gasteiger partial charge in [-0.1, -0.05) is 117 Å². The summed E-state index contributed by atoms with van der Waals surface area (Å²) in [6.45, 7) is 4.52. The first-order valence-corrected chi connectivity index (χ1v) is 17.9. The summed E-state index contributed by atoms with van der Waals surface area (Å²) < 4.78 is 33.1. The minimum Gasteiger partial charge on any atom is -0.481 e. The summed E-state index contributed by atoms with van der Waals surface area (Å²) in [5, 5.41) is 8.67. The summed E-state index contributed by atoms with van der Waals surface area (Å²) in [4.78, 5) is 32.7. The molecule has 0 aromatic rings. The minimum absolute atomic E-state index is 0.0904. The topological polar surface area (TPSA) is 129 Å². The molecule has 0 aromatic heterocycles. The highest BCUT2D eigenvalue weighted by Gasteiger charge is 2.25. The second-order valence-electron chi connectivity index (χ2n) is 11.0. The van der Waals surface area contributed by atoms with Crippen molar-refractivity contribution < 1.29 is 42.7 Å². The van der Waals surface area contributed by atoms with Crippen molar-refractivity contribution in [3.8, 4) is 0 Å². The molecule has 1 unspecified atom stereocenters. The summed E-state index contributed by atoms with van der Waals surface area (Å²) in [6, 6.07) is 0. The number of carbonyl (C=O) groups is 2. The molecule has 0 aromatic carbocycles. The van der Waals surface area contributed by atoms with Gasteiger partial charge in [0.05, 0.1) is 19.8 Å². The van der Waals surface area contributed by atoms with Crippen LogP contribution in [0.15, 0.2) is 0 Å². The van der Waals surface area contributed by atoms with Crippen molar-refractivity contribution >= 4 is 19.8 Å². The van der Waals surface area contributed by atoms with Crippen molar-refractivity contribution in [2.45, 2.75) is 161 Å². The number of ether oxygens (including phenoxy) is 2. The summed E-state index contributed by atoms with van der Waals surface area (Å²) in [5.74, 6) is -1.20. The molecule has 0 heterocycles. The SMILES string of the molecule is CCCCCCCCCCCCCCCCOC[C@H](COP(=O)(O)OCCC)OC(=O)CCCCCCCC(=O)O. The number of aliphatic carboxylic acids is 1. The number of hydrogen-bond donors (Lipinski definition) is 2. The number of rotatable bonds is 32. The van der Waals surface area contributed by atoms with Gasteiger partial charge in [0.2, 0.25) is 0 Å². The van der Waals surface area contributed by atoms with Crippen LogP contribution in [0, 0.1) is 0 Å². The molecule has 2 N–H and O–H groups in total. The fourth-order valence-corrected chi connectivity index (χ4v) is 5.31. The van der Waals surface area contributed by atoms with Gasteiger partial charge < -0.3 is 19.5 Å². The molecule has 0 rings (SSSR count). The molecule has 2 atom stereocenters. The average Bonchev–Trinajstić information content (AvgIpc) is 2.93. The van der Waals surface area contributed by atoms with Crippen LogP contribution in [0.25, 0.3) is 0 Å². The lowest BCUT2D eigenvalue weighted by Gasteiger charge is -2.20. The summed E-state index contributed by atoms with van der Waals surface area (Å²) in [7, 11) is -4.22. The van der Waals surface area contributed by atoms with Crippen LogP contribution in [0.2, 0.25) is 0 Å².